The Balaban J connectivity index is 2.71. The van der Waals surface area contributed by atoms with E-state index in [-0.39, 0.29) is 6.04 Å². The number of hydrogen-bond donors (Lipinski definition) is 2. The first-order valence-corrected chi connectivity index (χ1v) is 7.81. The molecule has 0 bridgehead atoms. The molecule has 0 saturated carbocycles. The maximum absolute atomic E-state index is 4.17. The largest absolute Gasteiger partial charge is 0.392 e. The van der Waals surface area contributed by atoms with Crippen LogP contribution in [0, 0.1) is 11.8 Å². The SMILES string of the molecule is C=C(CC(C#Cc1cnccn1)NC(=C)CN(C)CCC)NC. The Bertz CT molecular complexity index is 556. The van der Waals surface area contributed by atoms with Gasteiger partial charge >= 0.3 is 0 Å². The Labute approximate surface area is 139 Å². The molecule has 0 fully saturated rings. The second-order valence-corrected chi connectivity index (χ2v) is 5.46. The molecule has 0 aliphatic heterocycles. The van der Waals surface area contributed by atoms with Gasteiger partial charge in [-0.05, 0) is 25.9 Å². The summed E-state index contributed by atoms with van der Waals surface area (Å²) in [5, 5.41) is 6.44. The second-order valence-electron chi connectivity index (χ2n) is 5.46. The first-order chi connectivity index (χ1) is 11.0. The molecule has 0 amide bonds. The summed E-state index contributed by atoms with van der Waals surface area (Å²) in [6, 6.07) is -0.0699. The molecule has 124 valence electrons. The van der Waals surface area contributed by atoms with Crippen LogP contribution in [0.3, 0.4) is 0 Å². The predicted octanol–water partition coefficient (Wildman–Crippen LogP) is 1.76. The topological polar surface area (TPSA) is 53.1 Å². The first kappa shape index (κ1) is 18.7. The van der Waals surface area contributed by atoms with Crippen LogP contribution in [0.25, 0.3) is 0 Å². The number of aromatic nitrogens is 2. The van der Waals surface area contributed by atoms with E-state index in [0.717, 1.165) is 30.9 Å². The highest BCUT2D eigenvalue weighted by Crippen LogP contribution is 2.03. The van der Waals surface area contributed by atoms with Gasteiger partial charge in [-0.3, -0.25) is 4.98 Å². The van der Waals surface area contributed by atoms with Gasteiger partial charge < -0.3 is 15.5 Å². The molecule has 1 rings (SSSR count). The third kappa shape index (κ3) is 8.03. The Kier molecular flexibility index (Phi) is 8.48. The molecule has 0 aromatic carbocycles. The molecular weight excluding hydrogens is 286 g/mol. The Morgan fingerprint density at radius 1 is 1.35 bits per heavy atom. The zero-order chi connectivity index (χ0) is 17.1. The fraction of sp³-hybridized carbons (Fsp3) is 0.444. The van der Waals surface area contributed by atoms with E-state index in [9.17, 15) is 0 Å². The van der Waals surface area contributed by atoms with E-state index >= 15 is 0 Å². The van der Waals surface area contributed by atoms with Gasteiger partial charge in [0, 0.05) is 43.8 Å². The smallest absolute Gasteiger partial charge is 0.131 e. The van der Waals surface area contributed by atoms with Gasteiger partial charge in [0.1, 0.15) is 5.69 Å². The van der Waals surface area contributed by atoms with Gasteiger partial charge in [-0.25, -0.2) is 4.98 Å². The molecule has 2 N–H and O–H groups in total. The van der Waals surface area contributed by atoms with Crippen molar-refractivity contribution in [2.24, 2.45) is 0 Å². The van der Waals surface area contributed by atoms with Crippen LogP contribution in [0.4, 0.5) is 0 Å². The standard InChI is InChI=1S/C18H27N5/c1-6-11-23(5)14-16(3)22-17(12-15(2)19-4)7-8-18-13-20-9-10-21-18/h9-10,13,17,19,22H,2-3,6,11-12,14H2,1,4-5H3. The van der Waals surface area contributed by atoms with Gasteiger partial charge in [0.25, 0.3) is 0 Å². The molecule has 1 heterocycles. The lowest BCUT2D eigenvalue weighted by molar-refractivity contribution is 0.353. The molecule has 1 aromatic rings. The van der Waals surface area contributed by atoms with Gasteiger partial charge in [0.2, 0.25) is 0 Å². The molecule has 5 heteroatoms. The highest BCUT2D eigenvalue weighted by molar-refractivity contribution is 5.28. The maximum Gasteiger partial charge on any atom is 0.131 e. The normalized spacial score (nSPS) is 11.3. The zero-order valence-corrected chi connectivity index (χ0v) is 14.4. The van der Waals surface area contributed by atoms with E-state index in [2.05, 4.69) is 64.5 Å². The Morgan fingerprint density at radius 3 is 2.74 bits per heavy atom. The van der Waals surface area contributed by atoms with Crippen molar-refractivity contribution >= 4 is 0 Å². The summed E-state index contributed by atoms with van der Waals surface area (Å²) in [4.78, 5) is 10.4. The van der Waals surface area contributed by atoms with Crippen LogP contribution < -0.4 is 10.6 Å². The lowest BCUT2D eigenvalue weighted by Gasteiger charge is -2.22. The predicted molar refractivity (Wildman–Crippen MR) is 95.6 cm³/mol. The second kappa shape index (κ2) is 10.4. The minimum absolute atomic E-state index is 0.0699. The first-order valence-electron chi connectivity index (χ1n) is 7.81. The van der Waals surface area contributed by atoms with Crippen LogP contribution in [-0.2, 0) is 0 Å². The van der Waals surface area contributed by atoms with E-state index < -0.39 is 0 Å². The summed E-state index contributed by atoms with van der Waals surface area (Å²) in [5.74, 6) is 6.24. The Morgan fingerprint density at radius 2 is 2.13 bits per heavy atom. The third-order valence-electron chi connectivity index (χ3n) is 3.19. The zero-order valence-electron chi connectivity index (χ0n) is 14.4. The van der Waals surface area contributed by atoms with Crippen molar-refractivity contribution in [3.05, 3.63) is 48.8 Å². The number of rotatable bonds is 9. The molecule has 0 radical (unpaired) electrons. The number of likely N-dealkylation sites (N-methyl/N-ethyl adjacent to an activating group) is 1. The van der Waals surface area contributed by atoms with Gasteiger partial charge in [-0.15, -0.1) is 0 Å². The third-order valence-corrected chi connectivity index (χ3v) is 3.19. The van der Waals surface area contributed by atoms with Crippen molar-refractivity contribution in [2.75, 3.05) is 27.2 Å². The average Bonchev–Trinajstić information content (AvgIpc) is 2.53. The molecule has 23 heavy (non-hydrogen) atoms. The van der Waals surface area contributed by atoms with Gasteiger partial charge in [-0.2, -0.15) is 0 Å². The minimum atomic E-state index is -0.0699. The van der Waals surface area contributed by atoms with Crippen molar-refractivity contribution in [2.45, 2.75) is 25.8 Å². The van der Waals surface area contributed by atoms with Crippen LogP contribution in [-0.4, -0.2) is 48.1 Å². The van der Waals surface area contributed by atoms with Crippen molar-refractivity contribution in [1.29, 1.82) is 0 Å². The van der Waals surface area contributed by atoms with Gasteiger partial charge in [-0.1, -0.05) is 26.0 Å². The molecule has 0 aliphatic rings. The number of nitrogens with one attached hydrogen (secondary N) is 2. The molecule has 1 aromatic heterocycles. The molecule has 5 nitrogen and oxygen atoms in total. The van der Waals surface area contributed by atoms with Crippen LogP contribution >= 0.6 is 0 Å². The monoisotopic (exact) mass is 313 g/mol. The highest BCUT2D eigenvalue weighted by atomic mass is 15.1. The van der Waals surface area contributed by atoms with Crippen molar-refractivity contribution in [3.63, 3.8) is 0 Å². The van der Waals surface area contributed by atoms with Crippen LogP contribution in [0.5, 0.6) is 0 Å². The van der Waals surface area contributed by atoms with Gasteiger partial charge in [0.05, 0.1) is 12.2 Å². The molecule has 1 unspecified atom stereocenters. The van der Waals surface area contributed by atoms with Crippen LogP contribution in [0.1, 0.15) is 25.5 Å². The van der Waals surface area contributed by atoms with Crippen molar-refractivity contribution in [1.82, 2.24) is 25.5 Å². The van der Waals surface area contributed by atoms with E-state index in [1.165, 1.54) is 0 Å². The fourth-order valence-electron chi connectivity index (χ4n) is 2.09. The molecule has 0 aliphatic carbocycles. The molecule has 0 spiro atoms. The summed E-state index contributed by atoms with van der Waals surface area (Å²) in [6.07, 6.45) is 6.74. The summed E-state index contributed by atoms with van der Waals surface area (Å²) < 4.78 is 0. The van der Waals surface area contributed by atoms with Gasteiger partial charge in [0.15, 0.2) is 0 Å². The van der Waals surface area contributed by atoms with Crippen molar-refractivity contribution < 1.29 is 0 Å². The maximum atomic E-state index is 4.17. The highest BCUT2D eigenvalue weighted by Gasteiger charge is 2.09. The van der Waals surface area contributed by atoms with E-state index in [1.807, 2.05) is 7.05 Å². The minimum Gasteiger partial charge on any atom is -0.392 e. The lowest BCUT2D eigenvalue weighted by atomic mass is 10.1. The molecular formula is C18H27N5. The fourth-order valence-corrected chi connectivity index (χ4v) is 2.09. The summed E-state index contributed by atoms with van der Waals surface area (Å²) in [7, 11) is 3.95. The van der Waals surface area contributed by atoms with E-state index in [0.29, 0.717) is 12.1 Å². The Hall–Kier alpha value is -2.32. The lowest BCUT2D eigenvalue weighted by Crippen LogP contribution is -2.34. The number of nitrogens with zero attached hydrogens (tertiary/aromatic N) is 3. The van der Waals surface area contributed by atoms with Crippen LogP contribution in [0.15, 0.2) is 43.1 Å². The molecule has 1 atom stereocenters. The van der Waals surface area contributed by atoms with Crippen molar-refractivity contribution in [3.8, 4) is 11.8 Å². The quantitative estimate of drug-likeness (QED) is 0.681. The summed E-state index contributed by atoms with van der Waals surface area (Å²) in [5.41, 5.74) is 2.53. The van der Waals surface area contributed by atoms with Crippen LogP contribution in [0.2, 0.25) is 0 Å². The van der Waals surface area contributed by atoms with E-state index in [1.54, 1.807) is 18.6 Å². The number of hydrogen-bond acceptors (Lipinski definition) is 5. The summed E-state index contributed by atoms with van der Waals surface area (Å²) in [6.45, 7) is 12.1. The molecule has 0 saturated heterocycles. The average molecular weight is 313 g/mol. The van der Waals surface area contributed by atoms with E-state index in [4.69, 9.17) is 0 Å². The summed E-state index contributed by atoms with van der Waals surface area (Å²) >= 11 is 0.